The van der Waals surface area contributed by atoms with Crippen molar-refractivity contribution < 1.29 is 9.72 Å². The minimum atomic E-state index is -0.492. The Balaban J connectivity index is 1.95. The monoisotopic (exact) mass is 289 g/mol. The molecule has 3 rings (SSSR count). The maximum Gasteiger partial charge on any atom is 0.324 e. The summed E-state index contributed by atoms with van der Waals surface area (Å²) < 4.78 is 0. The molecular formula is C13H11N3O3S. The number of benzene rings is 1. The van der Waals surface area contributed by atoms with E-state index in [0.29, 0.717) is 17.1 Å². The van der Waals surface area contributed by atoms with Crippen LogP contribution in [-0.4, -0.2) is 17.4 Å². The zero-order chi connectivity index (χ0) is 14.3. The first kappa shape index (κ1) is 12.6. The Kier molecular flexibility index (Phi) is 2.90. The molecule has 0 fully saturated rings. The Hall–Kier alpha value is -2.41. The van der Waals surface area contributed by atoms with Gasteiger partial charge in [0.25, 0.3) is 5.91 Å². The summed E-state index contributed by atoms with van der Waals surface area (Å²) in [6.07, 6.45) is 0.750. The molecule has 0 saturated carbocycles. The normalized spacial score (nSPS) is 13.3. The Bertz CT molecular complexity index is 711. The van der Waals surface area contributed by atoms with Crippen LogP contribution in [0.5, 0.6) is 0 Å². The maximum absolute atomic E-state index is 12.5. The number of hydrogen-bond donors (Lipinski definition) is 1. The molecule has 0 unspecified atom stereocenters. The van der Waals surface area contributed by atoms with Crippen molar-refractivity contribution in [3.05, 3.63) is 50.9 Å². The maximum atomic E-state index is 12.5. The second kappa shape index (κ2) is 4.61. The standard InChI is InChI=1S/C13H11N3O3S/c14-9-3-1-2-8-6-7-15(12(8)9)13(17)10-4-5-11(20-10)16(18)19/h1-5H,6-7,14H2. The molecule has 1 aromatic carbocycles. The van der Waals surface area contributed by atoms with Crippen LogP contribution in [0.3, 0.4) is 0 Å². The van der Waals surface area contributed by atoms with Gasteiger partial charge in [0.05, 0.1) is 21.2 Å². The first-order valence-corrected chi connectivity index (χ1v) is 6.83. The Morgan fingerprint density at radius 2 is 2.15 bits per heavy atom. The van der Waals surface area contributed by atoms with Crippen LogP contribution in [0.1, 0.15) is 15.2 Å². The fourth-order valence-corrected chi connectivity index (χ4v) is 3.13. The van der Waals surface area contributed by atoms with Crippen molar-refractivity contribution in [1.82, 2.24) is 0 Å². The van der Waals surface area contributed by atoms with Gasteiger partial charge in [-0.15, -0.1) is 0 Å². The smallest absolute Gasteiger partial charge is 0.324 e. The molecule has 20 heavy (non-hydrogen) atoms. The van der Waals surface area contributed by atoms with Gasteiger partial charge in [-0.05, 0) is 24.1 Å². The summed E-state index contributed by atoms with van der Waals surface area (Å²) >= 11 is 0.885. The highest BCUT2D eigenvalue weighted by Gasteiger charge is 2.29. The van der Waals surface area contributed by atoms with Crippen molar-refractivity contribution >= 4 is 33.6 Å². The summed E-state index contributed by atoms with van der Waals surface area (Å²) in [4.78, 5) is 24.6. The third kappa shape index (κ3) is 1.92. The van der Waals surface area contributed by atoms with Crippen LogP contribution >= 0.6 is 11.3 Å². The van der Waals surface area contributed by atoms with Gasteiger partial charge in [0.1, 0.15) is 0 Å². The van der Waals surface area contributed by atoms with E-state index in [9.17, 15) is 14.9 Å². The fourth-order valence-electron chi connectivity index (χ4n) is 2.36. The summed E-state index contributed by atoms with van der Waals surface area (Å²) in [7, 11) is 0. The fraction of sp³-hybridized carbons (Fsp3) is 0.154. The highest BCUT2D eigenvalue weighted by Crippen LogP contribution is 2.36. The number of rotatable bonds is 2. The molecule has 1 aliphatic rings. The van der Waals surface area contributed by atoms with Gasteiger partial charge in [-0.2, -0.15) is 0 Å². The molecule has 2 N–H and O–H groups in total. The number of nitrogen functional groups attached to an aromatic ring is 1. The van der Waals surface area contributed by atoms with E-state index in [4.69, 9.17) is 5.73 Å². The summed E-state index contributed by atoms with van der Waals surface area (Å²) in [6, 6.07) is 8.39. The van der Waals surface area contributed by atoms with Crippen LogP contribution in [0.15, 0.2) is 30.3 Å². The Labute approximate surface area is 118 Å². The lowest BCUT2D eigenvalue weighted by molar-refractivity contribution is -0.380. The average Bonchev–Trinajstić information content (AvgIpc) is 3.05. The molecule has 0 radical (unpaired) electrons. The number of carbonyl (C=O) groups excluding carboxylic acids is 1. The number of thiophene rings is 1. The largest absolute Gasteiger partial charge is 0.397 e. The van der Waals surface area contributed by atoms with Crippen molar-refractivity contribution in [1.29, 1.82) is 0 Å². The molecular weight excluding hydrogens is 278 g/mol. The summed E-state index contributed by atoms with van der Waals surface area (Å²) in [5, 5.41) is 10.6. The minimum Gasteiger partial charge on any atom is -0.397 e. The molecule has 1 aliphatic heterocycles. The topological polar surface area (TPSA) is 89.5 Å². The zero-order valence-electron chi connectivity index (χ0n) is 10.4. The molecule has 1 aromatic heterocycles. The van der Waals surface area contributed by atoms with Crippen molar-refractivity contribution in [2.75, 3.05) is 17.2 Å². The average molecular weight is 289 g/mol. The molecule has 0 atom stereocenters. The molecule has 0 bridgehead atoms. The van der Waals surface area contributed by atoms with Crippen LogP contribution < -0.4 is 10.6 Å². The van der Waals surface area contributed by atoms with E-state index < -0.39 is 4.92 Å². The molecule has 1 amide bonds. The van der Waals surface area contributed by atoms with Crippen LogP contribution in [0, 0.1) is 10.1 Å². The van der Waals surface area contributed by atoms with Crippen LogP contribution in [0.2, 0.25) is 0 Å². The van der Waals surface area contributed by atoms with Gasteiger partial charge in [0.2, 0.25) is 0 Å². The lowest BCUT2D eigenvalue weighted by atomic mass is 10.1. The predicted molar refractivity (Wildman–Crippen MR) is 77.2 cm³/mol. The molecule has 2 aromatic rings. The quantitative estimate of drug-likeness (QED) is 0.522. The summed E-state index contributed by atoms with van der Waals surface area (Å²) in [6.45, 7) is 0.550. The summed E-state index contributed by atoms with van der Waals surface area (Å²) in [5.74, 6) is -0.236. The van der Waals surface area contributed by atoms with E-state index in [1.807, 2.05) is 12.1 Å². The van der Waals surface area contributed by atoms with Gasteiger partial charge in [-0.25, -0.2) is 0 Å². The highest BCUT2D eigenvalue weighted by molar-refractivity contribution is 7.17. The van der Waals surface area contributed by atoms with Crippen LogP contribution in [-0.2, 0) is 6.42 Å². The number of anilines is 2. The molecule has 0 spiro atoms. The van der Waals surface area contributed by atoms with Crippen LogP contribution in [0.25, 0.3) is 0 Å². The Morgan fingerprint density at radius 3 is 2.85 bits per heavy atom. The van der Waals surface area contributed by atoms with E-state index in [1.54, 1.807) is 11.0 Å². The molecule has 0 aliphatic carbocycles. The second-order valence-electron chi connectivity index (χ2n) is 4.46. The minimum absolute atomic E-state index is 0.0335. The third-order valence-electron chi connectivity index (χ3n) is 3.25. The van der Waals surface area contributed by atoms with Crippen molar-refractivity contribution in [3.63, 3.8) is 0 Å². The number of hydrogen-bond acceptors (Lipinski definition) is 5. The number of nitrogens with two attached hydrogens (primary N) is 1. The van der Waals surface area contributed by atoms with E-state index in [-0.39, 0.29) is 10.9 Å². The van der Waals surface area contributed by atoms with Gasteiger partial charge in [-0.1, -0.05) is 23.5 Å². The van der Waals surface area contributed by atoms with E-state index in [0.717, 1.165) is 29.0 Å². The van der Waals surface area contributed by atoms with E-state index in [2.05, 4.69) is 0 Å². The zero-order valence-corrected chi connectivity index (χ0v) is 11.2. The predicted octanol–water partition coefficient (Wildman–Crippen LogP) is 2.44. The van der Waals surface area contributed by atoms with Crippen molar-refractivity contribution in [2.24, 2.45) is 0 Å². The Morgan fingerprint density at radius 1 is 1.35 bits per heavy atom. The van der Waals surface area contributed by atoms with Crippen LogP contribution in [0.4, 0.5) is 16.4 Å². The highest BCUT2D eigenvalue weighted by atomic mass is 32.1. The molecule has 6 nitrogen and oxygen atoms in total. The number of para-hydroxylation sites is 1. The van der Waals surface area contributed by atoms with Gasteiger partial charge >= 0.3 is 5.00 Å². The number of nitrogens with zero attached hydrogens (tertiary/aromatic N) is 2. The lowest BCUT2D eigenvalue weighted by Gasteiger charge is -2.17. The molecule has 0 saturated heterocycles. The molecule has 2 heterocycles. The molecule has 102 valence electrons. The SMILES string of the molecule is Nc1cccc2c1N(C(=O)c1ccc([N+](=O)[O-])s1)CC2. The van der Waals surface area contributed by atoms with Gasteiger partial charge in [-0.3, -0.25) is 14.9 Å². The summed E-state index contributed by atoms with van der Waals surface area (Å²) in [5.41, 5.74) is 8.25. The number of carbonyl (C=O) groups is 1. The van der Waals surface area contributed by atoms with Crippen molar-refractivity contribution in [3.8, 4) is 0 Å². The van der Waals surface area contributed by atoms with Gasteiger partial charge in [0.15, 0.2) is 0 Å². The van der Waals surface area contributed by atoms with E-state index >= 15 is 0 Å². The van der Waals surface area contributed by atoms with Gasteiger partial charge in [0, 0.05) is 12.6 Å². The number of fused-ring (bicyclic) bond motifs is 1. The van der Waals surface area contributed by atoms with E-state index in [1.165, 1.54) is 12.1 Å². The lowest BCUT2D eigenvalue weighted by Crippen LogP contribution is -2.28. The van der Waals surface area contributed by atoms with Gasteiger partial charge < -0.3 is 10.6 Å². The second-order valence-corrected chi connectivity index (χ2v) is 5.52. The first-order chi connectivity index (χ1) is 9.58. The number of nitro groups is 1. The third-order valence-corrected chi connectivity index (χ3v) is 4.28. The van der Waals surface area contributed by atoms with Crippen molar-refractivity contribution in [2.45, 2.75) is 6.42 Å². The first-order valence-electron chi connectivity index (χ1n) is 6.01. The molecule has 7 heteroatoms. The number of amides is 1.